The summed E-state index contributed by atoms with van der Waals surface area (Å²) < 4.78 is 10.3. The first-order valence-corrected chi connectivity index (χ1v) is 12.1. The Kier molecular flexibility index (Phi) is 14.4. The van der Waals surface area contributed by atoms with Crippen LogP contribution in [0, 0.1) is 35.5 Å². The van der Waals surface area contributed by atoms with Crippen molar-refractivity contribution in [3.8, 4) is 23.7 Å². The van der Waals surface area contributed by atoms with Crippen LogP contribution in [0.5, 0.6) is 0 Å². The normalized spacial score (nSPS) is 12.2. The van der Waals surface area contributed by atoms with Crippen molar-refractivity contribution in [1.29, 1.82) is 0 Å². The average molecular weight is 469 g/mol. The van der Waals surface area contributed by atoms with Crippen molar-refractivity contribution < 1.29 is 19.1 Å². The van der Waals surface area contributed by atoms with Crippen molar-refractivity contribution >= 4 is 11.9 Å². The van der Waals surface area contributed by atoms with Crippen molar-refractivity contribution in [2.75, 3.05) is 26.3 Å². The predicted molar refractivity (Wildman–Crippen MR) is 136 cm³/mol. The van der Waals surface area contributed by atoms with E-state index in [1.54, 1.807) is 13.8 Å². The molecule has 0 spiro atoms. The molecule has 0 aliphatic carbocycles. The highest BCUT2D eigenvalue weighted by molar-refractivity contribution is 5.76. The number of benzene rings is 1. The first kappa shape index (κ1) is 29.2. The minimum Gasteiger partial charge on any atom is -0.465 e. The second-order valence-electron chi connectivity index (χ2n) is 8.78. The highest BCUT2D eigenvalue weighted by atomic mass is 16.5. The van der Waals surface area contributed by atoms with Gasteiger partial charge in [-0.25, -0.2) is 0 Å². The highest BCUT2D eigenvalue weighted by Crippen LogP contribution is 2.08. The van der Waals surface area contributed by atoms with Gasteiger partial charge in [-0.15, -0.1) is 0 Å². The number of hydrogen-bond acceptors (Lipinski definition) is 6. The number of rotatable bonds is 12. The maximum absolute atomic E-state index is 12.1. The smallest absolute Gasteiger partial charge is 0.323 e. The van der Waals surface area contributed by atoms with Gasteiger partial charge in [-0.3, -0.25) is 20.2 Å². The SMILES string of the molecule is CCOC(=O)[C@H](CC(C)C)NCC#Cc1ccccc1C#CCN[C@@H](CC(C)C)C(=O)OCC. The van der Waals surface area contributed by atoms with Crippen LogP contribution in [0.2, 0.25) is 0 Å². The van der Waals surface area contributed by atoms with Gasteiger partial charge in [-0.2, -0.15) is 0 Å². The van der Waals surface area contributed by atoms with E-state index >= 15 is 0 Å². The lowest BCUT2D eigenvalue weighted by atomic mass is 10.0. The van der Waals surface area contributed by atoms with Gasteiger partial charge in [0.1, 0.15) is 12.1 Å². The summed E-state index contributed by atoms with van der Waals surface area (Å²) in [5, 5.41) is 6.38. The molecule has 0 saturated carbocycles. The van der Waals surface area contributed by atoms with E-state index in [4.69, 9.17) is 9.47 Å². The molecular weight excluding hydrogens is 428 g/mol. The molecule has 0 aromatic heterocycles. The molecule has 0 aliphatic heterocycles. The number of ether oxygens (including phenoxy) is 2. The van der Waals surface area contributed by atoms with E-state index < -0.39 is 0 Å². The molecule has 0 amide bonds. The van der Waals surface area contributed by atoms with E-state index in [9.17, 15) is 9.59 Å². The standard InChI is InChI=1S/C28H40N2O4/c1-7-33-27(31)25(19-21(3)4)29-17-11-15-23-13-9-10-14-24(23)16-12-18-30-26(20-22(5)6)28(32)34-8-2/h9-10,13-14,21-22,25-26,29-30H,7-8,17-20H2,1-6H3/t25-,26-/m0/s1. The van der Waals surface area contributed by atoms with E-state index in [0.29, 0.717) is 51.0 Å². The number of carbonyl (C=O) groups excluding carboxylic acids is 2. The summed E-state index contributed by atoms with van der Waals surface area (Å²) in [6.45, 7) is 13.4. The Bertz CT molecular complexity index is 814. The molecule has 1 aromatic carbocycles. The largest absolute Gasteiger partial charge is 0.465 e. The van der Waals surface area contributed by atoms with Crippen LogP contribution < -0.4 is 10.6 Å². The quantitative estimate of drug-likeness (QED) is 0.361. The van der Waals surface area contributed by atoms with E-state index in [1.807, 2.05) is 24.3 Å². The van der Waals surface area contributed by atoms with Crippen LogP contribution in [0.4, 0.5) is 0 Å². The lowest BCUT2D eigenvalue weighted by Crippen LogP contribution is -2.39. The van der Waals surface area contributed by atoms with Crippen LogP contribution in [0.15, 0.2) is 24.3 Å². The Balaban J connectivity index is 2.78. The molecule has 34 heavy (non-hydrogen) atoms. The van der Waals surface area contributed by atoms with Crippen molar-refractivity contribution in [3.63, 3.8) is 0 Å². The van der Waals surface area contributed by atoms with Crippen LogP contribution in [-0.2, 0) is 19.1 Å². The van der Waals surface area contributed by atoms with Gasteiger partial charge >= 0.3 is 11.9 Å². The van der Waals surface area contributed by atoms with Crippen LogP contribution >= 0.6 is 0 Å². The number of esters is 2. The van der Waals surface area contributed by atoms with E-state index in [2.05, 4.69) is 62.0 Å². The van der Waals surface area contributed by atoms with Crippen LogP contribution in [0.1, 0.15) is 65.5 Å². The van der Waals surface area contributed by atoms with Gasteiger partial charge in [0, 0.05) is 11.1 Å². The third-order valence-corrected chi connectivity index (χ3v) is 4.80. The molecule has 2 N–H and O–H groups in total. The maximum Gasteiger partial charge on any atom is 0.323 e. The third kappa shape index (κ3) is 11.9. The van der Waals surface area contributed by atoms with Gasteiger partial charge in [0.2, 0.25) is 0 Å². The Hall–Kier alpha value is -2.80. The molecule has 0 aliphatic rings. The van der Waals surface area contributed by atoms with Crippen molar-refractivity contribution in [1.82, 2.24) is 10.6 Å². The lowest BCUT2D eigenvalue weighted by molar-refractivity contribution is -0.146. The molecule has 0 heterocycles. The highest BCUT2D eigenvalue weighted by Gasteiger charge is 2.20. The Morgan fingerprint density at radius 3 is 1.47 bits per heavy atom. The number of nitrogens with one attached hydrogen (secondary N) is 2. The van der Waals surface area contributed by atoms with Crippen molar-refractivity contribution in [2.24, 2.45) is 11.8 Å². The monoisotopic (exact) mass is 468 g/mol. The molecule has 6 nitrogen and oxygen atoms in total. The van der Waals surface area contributed by atoms with Gasteiger partial charge in [0.25, 0.3) is 0 Å². The van der Waals surface area contributed by atoms with Crippen LogP contribution in [0.3, 0.4) is 0 Å². The summed E-state index contributed by atoms with van der Waals surface area (Å²) in [4.78, 5) is 24.3. The van der Waals surface area contributed by atoms with E-state index in [-0.39, 0.29) is 24.0 Å². The Morgan fingerprint density at radius 2 is 1.15 bits per heavy atom. The number of hydrogen-bond donors (Lipinski definition) is 2. The summed E-state index contributed by atoms with van der Waals surface area (Å²) in [5.74, 6) is 12.7. The molecule has 2 atom stereocenters. The fraction of sp³-hybridized carbons (Fsp3) is 0.571. The molecule has 0 saturated heterocycles. The fourth-order valence-electron chi connectivity index (χ4n) is 3.28. The van der Waals surface area contributed by atoms with Gasteiger partial charge in [0.05, 0.1) is 26.3 Å². The summed E-state index contributed by atoms with van der Waals surface area (Å²) in [7, 11) is 0. The molecular formula is C28H40N2O4. The maximum atomic E-state index is 12.1. The lowest BCUT2D eigenvalue weighted by Gasteiger charge is -2.17. The second kappa shape index (κ2) is 16.8. The zero-order chi connectivity index (χ0) is 25.3. The summed E-state index contributed by atoms with van der Waals surface area (Å²) in [6.07, 6.45) is 1.39. The van der Waals surface area contributed by atoms with Crippen molar-refractivity contribution in [3.05, 3.63) is 35.4 Å². The van der Waals surface area contributed by atoms with Gasteiger partial charge < -0.3 is 9.47 Å². The van der Waals surface area contributed by atoms with Crippen molar-refractivity contribution in [2.45, 2.75) is 66.5 Å². The van der Waals surface area contributed by atoms with Gasteiger partial charge in [-0.05, 0) is 50.7 Å². The molecule has 1 aromatic rings. The fourth-order valence-corrected chi connectivity index (χ4v) is 3.28. The Morgan fingerprint density at radius 1 is 0.765 bits per heavy atom. The molecule has 1 rings (SSSR count). The minimum atomic E-state index is -0.367. The van der Waals surface area contributed by atoms with Gasteiger partial charge in [0.15, 0.2) is 0 Å². The molecule has 0 radical (unpaired) electrons. The zero-order valence-electron chi connectivity index (χ0n) is 21.5. The molecule has 0 fully saturated rings. The van der Waals surface area contributed by atoms with Crippen LogP contribution in [-0.4, -0.2) is 50.3 Å². The predicted octanol–water partition coefficient (Wildman–Crippen LogP) is 3.52. The molecule has 6 heteroatoms. The topological polar surface area (TPSA) is 76.7 Å². The molecule has 186 valence electrons. The molecule has 0 unspecified atom stereocenters. The summed E-state index contributed by atoms with van der Waals surface area (Å²) in [5.41, 5.74) is 1.63. The second-order valence-corrected chi connectivity index (χ2v) is 8.78. The van der Waals surface area contributed by atoms with E-state index in [0.717, 1.165) is 11.1 Å². The Labute approximate surface area is 205 Å². The first-order valence-electron chi connectivity index (χ1n) is 12.1. The average Bonchev–Trinajstić information content (AvgIpc) is 2.78. The summed E-state index contributed by atoms with van der Waals surface area (Å²) in [6, 6.07) is 6.94. The number of carbonyl (C=O) groups is 2. The summed E-state index contributed by atoms with van der Waals surface area (Å²) >= 11 is 0. The first-order chi connectivity index (χ1) is 16.3. The van der Waals surface area contributed by atoms with E-state index in [1.165, 1.54) is 0 Å². The third-order valence-electron chi connectivity index (χ3n) is 4.80. The molecule has 0 bridgehead atoms. The zero-order valence-corrected chi connectivity index (χ0v) is 21.5. The van der Waals surface area contributed by atoms with Gasteiger partial charge in [-0.1, -0.05) is 63.5 Å². The van der Waals surface area contributed by atoms with Crippen LogP contribution in [0.25, 0.3) is 0 Å². The minimum absolute atomic E-state index is 0.240.